The van der Waals surface area contributed by atoms with E-state index in [4.69, 9.17) is 0 Å². The molecule has 15 heavy (non-hydrogen) atoms. The summed E-state index contributed by atoms with van der Waals surface area (Å²) in [6.07, 6.45) is 3.58. The molecule has 0 heterocycles. The third kappa shape index (κ3) is 3.21. The normalized spacial score (nSPS) is 13.3. The van der Waals surface area contributed by atoms with Crippen LogP contribution >= 0.6 is 0 Å². The van der Waals surface area contributed by atoms with E-state index in [0.717, 1.165) is 11.1 Å². The molecule has 0 bridgehead atoms. The topological polar surface area (TPSA) is 17.1 Å². The summed E-state index contributed by atoms with van der Waals surface area (Å²) in [5.41, 5.74) is 1.83. The summed E-state index contributed by atoms with van der Waals surface area (Å²) < 4.78 is 0. The molecule has 1 nitrogen and oxygen atoms in total. The van der Waals surface area contributed by atoms with Crippen LogP contribution in [0.3, 0.4) is 0 Å². The molecule has 0 aliphatic carbocycles. The predicted octanol–water partition coefficient (Wildman–Crippen LogP) is 3.48. The van der Waals surface area contributed by atoms with Crippen LogP contribution in [0.4, 0.5) is 0 Å². The lowest BCUT2D eigenvalue weighted by atomic mass is 9.99. The number of carbonyl (C=O) groups is 1. The molecule has 1 aromatic rings. The molecule has 1 aromatic carbocycles. The van der Waals surface area contributed by atoms with Crippen molar-refractivity contribution in [3.05, 3.63) is 54.1 Å². The third-order valence-corrected chi connectivity index (χ3v) is 2.34. The van der Waals surface area contributed by atoms with Gasteiger partial charge in [-0.05, 0) is 24.1 Å². The Morgan fingerprint density at radius 3 is 2.47 bits per heavy atom. The lowest BCUT2D eigenvalue weighted by Crippen LogP contribution is -2.08. The summed E-state index contributed by atoms with van der Waals surface area (Å²) in [5, 5.41) is 0. The van der Waals surface area contributed by atoms with E-state index >= 15 is 0 Å². The molecule has 0 saturated carbocycles. The molecule has 78 valence electrons. The van der Waals surface area contributed by atoms with Crippen LogP contribution in [-0.2, 0) is 4.79 Å². The number of benzene rings is 1. The summed E-state index contributed by atoms with van der Waals surface area (Å²) >= 11 is 0. The minimum atomic E-state index is -0.107. The Hall–Kier alpha value is -1.63. The van der Waals surface area contributed by atoms with Gasteiger partial charge in [0.15, 0.2) is 5.78 Å². The maximum absolute atomic E-state index is 11.7. The van der Waals surface area contributed by atoms with E-state index in [1.165, 1.54) is 0 Å². The summed E-state index contributed by atoms with van der Waals surface area (Å²) in [6.45, 7) is 7.32. The minimum absolute atomic E-state index is 0.107. The highest BCUT2D eigenvalue weighted by Crippen LogP contribution is 2.11. The van der Waals surface area contributed by atoms with Crippen LogP contribution in [0.15, 0.2) is 48.6 Å². The third-order valence-electron chi connectivity index (χ3n) is 2.34. The van der Waals surface area contributed by atoms with Gasteiger partial charge in [-0.3, -0.25) is 4.79 Å². The quantitative estimate of drug-likeness (QED) is 0.537. The molecule has 0 spiro atoms. The molecular weight excluding hydrogens is 184 g/mol. The van der Waals surface area contributed by atoms with Gasteiger partial charge in [-0.25, -0.2) is 0 Å². The summed E-state index contributed by atoms with van der Waals surface area (Å²) in [4.78, 5) is 11.7. The maximum Gasteiger partial charge on any atom is 0.165 e. The summed E-state index contributed by atoms with van der Waals surface area (Å²) in [6, 6.07) is 9.84. The number of carbonyl (C=O) groups excluding carboxylic acids is 1. The molecule has 0 aliphatic rings. The van der Waals surface area contributed by atoms with Gasteiger partial charge in [0.25, 0.3) is 0 Å². The zero-order valence-electron chi connectivity index (χ0n) is 9.23. The molecule has 0 fully saturated rings. The van der Waals surface area contributed by atoms with E-state index in [-0.39, 0.29) is 11.7 Å². The van der Waals surface area contributed by atoms with Crippen LogP contribution in [0.2, 0.25) is 0 Å². The summed E-state index contributed by atoms with van der Waals surface area (Å²) in [5.74, 6) is 0.0267. The van der Waals surface area contributed by atoms with Gasteiger partial charge in [-0.2, -0.15) is 0 Å². The SMILES string of the molecule is C=C[C@H](C)C(=O)/C(C)=C/c1ccccc1. The lowest BCUT2D eigenvalue weighted by molar-refractivity contribution is -0.117. The van der Waals surface area contributed by atoms with E-state index in [2.05, 4.69) is 6.58 Å². The monoisotopic (exact) mass is 200 g/mol. The number of allylic oxidation sites excluding steroid dienone is 2. The summed E-state index contributed by atoms with van der Waals surface area (Å²) in [7, 11) is 0. The highest BCUT2D eigenvalue weighted by Gasteiger charge is 2.10. The molecule has 0 radical (unpaired) electrons. The van der Waals surface area contributed by atoms with Crippen molar-refractivity contribution in [3.63, 3.8) is 0 Å². The first-order chi connectivity index (χ1) is 7.15. The van der Waals surface area contributed by atoms with Crippen LogP contribution in [0.25, 0.3) is 6.08 Å². The fourth-order valence-electron chi connectivity index (χ4n) is 1.34. The van der Waals surface area contributed by atoms with E-state index in [9.17, 15) is 4.79 Å². The van der Waals surface area contributed by atoms with Gasteiger partial charge < -0.3 is 0 Å². The first kappa shape index (κ1) is 11.4. The molecular formula is C14H16O. The van der Waals surface area contributed by atoms with Crippen LogP contribution < -0.4 is 0 Å². The molecule has 0 unspecified atom stereocenters. The first-order valence-corrected chi connectivity index (χ1v) is 5.05. The predicted molar refractivity (Wildman–Crippen MR) is 64.5 cm³/mol. The van der Waals surface area contributed by atoms with E-state index in [1.54, 1.807) is 6.08 Å². The van der Waals surface area contributed by atoms with Crippen LogP contribution in [0.1, 0.15) is 19.4 Å². The average molecular weight is 200 g/mol. The number of Topliss-reactive ketones (excluding diaryl/α,β-unsaturated/α-hetero) is 1. The highest BCUT2D eigenvalue weighted by atomic mass is 16.1. The standard InChI is InChI=1S/C14H16O/c1-4-11(2)14(15)12(3)10-13-8-6-5-7-9-13/h4-11H,1H2,2-3H3/b12-10+/t11-/m0/s1. The minimum Gasteiger partial charge on any atom is -0.294 e. The Bertz CT molecular complexity index is 374. The second-order valence-corrected chi connectivity index (χ2v) is 3.63. The van der Waals surface area contributed by atoms with Crippen LogP contribution in [-0.4, -0.2) is 5.78 Å². The van der Waals surface area contributed by atoms with Crippen LogP contribution in [0.5, 0.6) is 0 Å². The second kappa shape index (κ2) is 5.30. The molecule has 0 aromatic heterocycles. The largest absolute Gasteiger partial charge is 0.294 e. The Morgan fingerprint density at radius 1 is 1.33 bits per heavy atom. The van der Waals surface area contributed by atoms with Crippen molar-refractivity contribution in [2.75, 3.05) is 0 Å². The molecule has 0 saturated heterocycles. The van der Waals surface area contributed by atoms with Gasteiger partial charge in [0.1, 0.15) is 0 Å². The number of hydrogen-bond acceptors (Lipinski definition) is 1. The van der Waals surface area contributed by atoms with Gasteiger partial charge in [0, 0.05) is 5.92 Å². The van der Waals surface area contributed by atoms with Gasteiger partial charge in [-0.1, -0.05) is 43.3 Å². The molecule has 1 heteroatoms. The van der Waals surface area contributed by atoms with Gasteiger partial charge in [0.2, 0.25) is 0 Å². The highest BCUT2D eigenvalue weighted by molar-refractivity contribution is 6.01. The van der Waals surface area contributed by atoms with E-state index in [0.29, 0.717) is 0 Å². The Labute approximate surface area is 91.1 Å². The van der Waals surface area contributed by atoms with Crippen molar-refractivity contribution in [1.82, 2.24) is 0 Å². The number of rotatable bonds is 4. The Kier molecular flexibility index (Phi) is 4.04. The number of ketones is 1. The van der Waals surface area contributed by atoms with Crippen LogP contribution in [0, 0.1) is 5.92 Å². The van der Waals surface area contributed by atoms with Gasteiger partial charge >= 0.3 is 0 Å². The van der Waals surface area contributed by atoms with Crippen molar-refractivity contribution in [2.45, 2.75) is 13.8 Å². The van der Waals surface area contributed by atoms with E-state index in [1.807, 2.05) is 50.3 Å². The molecule has 1 rings (SSSR count). The molecule has 0 amide bonds. The molecule has 0 N–H and O–H groups in total. The maximum atomic E-state index is 11.7. The fraction of sp³-hybridized carbons (Fsp3) is 0.214. The van der Waals surface area contributed by atoms with Crippen molar-refractivity contribution in [3.8, 4) is 0 Å². The fourth-order valence-corrected chi connectivity index (χ4v) is 1.34. The second-order valence-electron chi connectivity index (χ2n) is 3.63. The van der Waals surface area contributed by atoms with E-state index < -0.39 is 0 Å². The van der Waals surface area contributed by atoms with Crippen molar-refractivity contribution in [2.24, 2.45) is 5.92 Å². The molecule has 1 atom stereocenters. The molecule has 0 aliphatic heterocycles. The Balaban J connectivity index is 2.85. The van der Waals surface area contributed by atoms with Gasteiger partial charge in [0.05, 0.1) is 0 Å². The van der Waals surface area contributed by atoms with Crippen molar-refractivity contribution < 1.29 is 4.79 Å². The number of hydrogen-bond donors (Lipinski definition) is 0. The zero-order valence-corrected chi connectivity index (χ0v) is 9.23. The lowest BCUT2D eigenvalue weighted by Gasteiger charge is -2.04. The zero-order chi connectivity index (χ0) is 11.3. The van der Waals surface area contributed by atoms with Gasteiger partial charge in [-0.15, -0.1) is 6.58 Å². The average Bonchev–Trinajstić information content (AvgIpc) is 2.28. The first-order valence-electron chi connectivity index (χ1n) is 5.05. The van der Waals surface area contributed by atoms with Crippen molar-refractivity contribution >= 4 is 11.9 Å². The van der Waals surface area contributed by atoms with Crippen molar-refractivity contribution in [1.29, 1.82) is 0 Å². The Morgan fingerprint density at radius 2 is 1.93 bits per heavy atom. The smallest absolute Gasteiger partial charge is 0.165 e.